The Morgan fingerprint density at radius 1 is 1.22 bits per heavy atom. The first-order chi connectivity index (χ1) is 11.2. The van der Waals surface area contributed by atoms with Crippen LogP contribution in [-0.2, 0) is 0 Å². The molecule has 23 heavy (non-hydrogen) atoms. The van der Waals surface area contributed by atoms with Crippen molar-refractivity contribution < 1.29 is 0 Å². The molecule has 1 atom stereocenters. The predicted molar refractivity (Wildman–Crippen MR) is 101 cm³/mol. The van der Waals surface area contributed by atoms with Crippen LogP contribution in [0.15, 0.2) is 67.9 Å². The lowest BCUT2D eigenvalue weighted by Crippen LogP contribution is -2.25. The average molecular weight is 405 g/mol. The summed E-state index contributed by atoms with van der Waals surface area (Å²) in [5.41, 5.74) is 0.870. The third-order valence-corrected chi connectivity index (χ3v) is 6.58. The number of hydrogen-bond acceptors (Lipinski definition) is 4. The fourth-order valence-corrected chi connectivity index (χ4v) is 5.18. The maximum absolute atomic E-state index is 12.8. The van der Waals surface area contributed by atoms with Crippen molar-refractivity contribution in [2.75, 3.05) is 11.5 Å². The van der Waals surface area contributed by atoms with Gasteiger partial charge in [0.15, 0.2) is 5.16 Å². The molecule has 0 aliphatic carbocycles. The molecule has 1 aromatic heterocycles. The van der Waals surface area contributed by atoms with Crippen LogP contribution in [0.2, 0.25) is 0 Å². The molecule has 0 amide bonds. The van der Waals surface area contributed by atoms with E-state index in [1.54, 1.807) is 23.5 Å². The van der Waals surface area contributed by atoms with E-state index in [-0.39, 0.29) is 11.6 Å². The summed E-state index contributed by atoms with van der Waals surface area (Å²) < 4.78 is 2.95. The van der Waals surface area contributed by atoms with E-state index in [1.807, 2.05) is 41.0 Å². The van der Waals surface area contributed by atoms with Crippen LogP contribution >= 0.6 is 39.5 Å². The highest BCUT2D eigenvalue weighted by Gasteiger charge is 2.26. The lowest BCUT2D eigenvalue weighted by atomic mass is 10.2. The highest BCUT2D eigenvalue weighted by molar-refractivity contribution is 9.10. The Hall–Kier alpha value is -1.24. The molecule has 116 valence electrons. The maximum Gasteiger partial charge on any atom is 0.262 e. The van der Waals surface area contributed by atoms with Crippen molar-refractivity contribution in [3.8, 4) is 0 Å². The zero-order valence-corrected chi connectivity index (χ0v) is 15.3. The number of rotatable bonds is 3. The van der Waals surface area contributed by atoms with Gasteiger partial charge in [-0.05, 0) is 36.4 Å². The molecule has 0 fully saturated rings. The van der Waals surface area contributed by atoms with Crippen LogP contribution in [-0.4, -0.2) is 21.1 Å². The SMILES string of the molecule is O=c1c2ccccc2nc2n1[C@@H](CSc1ccc(Br)cc1)CS2. The number of hydrogen-bond donors (Lipinski definition) is 0. The van der Waals surface area contributed by atoms with E-state index in [9.17, 15) is 4.79 Å². The second-order valence-electron chi connectivity index (χ2n) is 5.32. The summed E-state index contributed by atoms with van der Waals surface area (Å²) in [7, 11) is 0. The van der Waals surface area contributed by atoms with Crippen molar-refractivity contribution in [1.82, 2.24) is 9.55 Å². The lowest BCUT2D eigenvalue weighted by Gasteiger charge is -2.13. The average Bonchev–Trinajstić information content (AvgIpc) is 2.98. The van der Waals surface area contributed by atoms with Gasteiger partial charge in [0.2, 0.25) is 0 Å². The van der Waals surface area contributed by atoms with Crippen LogP contribution in [0.4, 0.5) is 0 Å². The fraction of sp³-hybridized carbons (Fsp3) is 0.176. The fourth-order valence-electron chi connectivity index (χ4n) is 2.64. The molecule has 2 heterocycles. The van der Waals surface area contributed by atoms with E-state index >= 15 is 0 Å². The Morgan fingerprint density at radius 2 is 2.00 bits per heavy atom. The third kappa shape index (κ3) is 2.95. The maximum atomic E-state index is 12.8. The standard InChI is InChI=1S/C17H13BrN2OS2/c18-11-5-7-13(8-6-11)22-9-12-10-23-17-19-15-4-2-1-3-14(15)16(21)20(12)17/h1-8,12H,9-10H2/t12-/m0/s1. The van der Waals surface area contributed by atoms with Gasteiger partial charge in [-0.2, -0.15) is 0 Å². The molecule has 1 aliphatic rings. The van der Waals surface area contributed by atoms with Gasteiger partial charge in [0.25, 0.3) is 5.56 Å². The molecule has 0 unspecified atom stereocenters. The monoisotopic (exact) mass is 404 g/mol. The van der Waals surface area contributed by atoms with Gasteiger partial charge < -0.3 is 0 Å². The zero-order valence-electron chi connectivity index (χ0n) is 12.1. The predicted octanol–water partition coefficient (Wildman–Crippen LogP) is 4.60. The molecule has 1 aliphatic heterocycles. The van der Waals surface area contributed by atoms with E-state index in [0.29, 0.717) is 5.39 Å². The van der Waals surface area contributed by atoms with Crippen molar-refractivity contribution in [3.63, 3.8) is 0 Å². The van der Waals surface area contributed by atoms with Gasteiger partial charge in [-0.1, -0.05) is 39.8 Å². The number of thioether (sulfide) groups is 2. The van der Waals surface area contributed by atoms with Crippen LogP contribution < -0.4 is 5.56 Å². The van der Waals surface area contributed by atoms with Crippen LogP contribution in [0, 0.1) is 0 Å². The normalized spacial score (nSPS) is 16.7. The summed E-state index contributed by atoms with van der Waals surface area (Å²) in [5, 5.41) is 1.55. The van der Waals surface area contributed by atoms with Crippen LogP contribution in [0.1, 0.15) is 6.04 Å². The second-order valence-corrected chi connectivity index (χ2v) is 8.31. The molecule has 0 spiro atoms. The molecule has 0 saturated heterocycles. The van der Waals surface area contributed by atoms with Gasteiger partial charge in [0.1, 0.15) is 0 Å². The Labute approximate surface area is 150 Å². The summed E-state index contributed by atoms with van der Waals surface area (Å²) in [6.07, 6.45) is 0. The van der Waals surface area contributed by atoms with Crippen LogP contribution in [0.5, 0.6) is 0 Å². The van der Waals surface area contributed by atoms with Crippen molar-refractivity contribution >= 4 is 50.4 Å². The summed E-state index contributed by atoms with van der Waals surface area (Å²) in [4.78, 5) is 18.6. The van der Waals surface area contributed by atoms with Crippen molar-refractivity contribution in [3.05, 3.63) is 63.4 Å². The topological polar surface area (TPSA) is 34.9 Å². The zero-order chi connectivity index (χ0) is 15.8. The minimum Gasteiger partial charge on any atom is -0.282 e. The first-order valence-corrected chi connectivity index (χ1v) is 10.0. The molecule has 0 saturated carbocycles. The van der Waals surface area contributed by atoms with Gasteiger partial charge in [0, 0.05) is 20.9 Å². The number of aromatic nitrogens is 2. The summed E-state index contributed by atoms with van der Waals surface area (Å²) >= 11 is 6.91. The van der Waals surface area contributed by atoms with Gasteiger partial charge in [-0.3, -0.25) is 9.36 Å². The van der Waals surface area contributed by atoms with Crippen molar-refractivity contribution in [2.24, 2.45) is 0 Å². The molecule has 3 aromatic rings. The Balaban J connectivity index is 1.63. The largest absolute Gasteiger partial charge is 0.282 e. The van der Waals surface area contributed by atoms with Crippen LogP contribution in [0.3, 0.4) is 0 Å². The summed E-state index contributed by atoms with van der Waals surface area (Å²) in [6.45, 7) is 0. The molecular weight excluding hydrogens is 392 g/mol. The Bertz CT molecular complexity index is 924. The second kappa shape index (κ2) is 6.34. The highest BCUT2D eigenvalue weighted by Crippen LogP contribution is 2.34. The Kier molecular flexibility index (Phi) is 4.22. The van der Waals surface area contributed by atoms with Gasteiger partial charge in [-0.15, -0.1) is 11.8 Å². The number of halogens is 1. The minimum atomic E-state index is 0.0806. The van der Waals surface area contributed by atoms with E-state index in [1.165, 1.54) is 4.90 Å². The molecule has 0 bridgehead atoms. The van der Waals surface area contributed by atoms with Crippen LogP contribution in [0.25, 0.3) is 10.9 Å². The molecule has 4 rings (SSSR count). The molecule has 6 heteroatoms. The number of fused-ring (bicyclic) bond motifs is 2. The van der Waals surface area contributed by atoms with Gasteiger partial charge in [-0.25, -0.2) is 4.98 Å². The van der Waals surface area contributed by atoms with Gasteiger partial charge >= 0.3 is 0 Å². The van der Waals surface area contributed by atoms with E-state index in [2.05, 4.69) is 33.0 Å². The number of benzene rings is 2. The lowest BCUT2D eigenvalue weighted by molar-refractivity contribution is 0.558. The van der Waals surface area contributed by atoms with Crippen molar-refractivity contribution in [1.29, 1.82) is 0 Å². The van der Waals surface area contributed by atoms with E-state index < -0.39 is 0 Å². The molecule has 0 radical (unpaired) electrons. The first-order valence-electron chi connectivity index (χ1n) is 7.25. The smallest absolute Gasteiger partial charge is 0.262 e. The van der Waals surface area contributed by atoms with Crippen molar-refractivity contribution in [2.45, 2.75) is 16.1 Å². The molecule has 0 N–H and O–H groups in total. The first kappa shape index (κ1) is 15.3. The van der Waals surface area contributed by atoms with E-state index in [4.69, 9.17) is 0 Å². The Morgan fingerprint density at radius 3 is 2.83 bits per heavy atom. The highest BCUT2D eigenvalue weighted by atomic mass is 79.9. The third-order valence-electron chi connectivity index (χ3n) is 3.80. The molecule has 3 nitrogen and oxygen atoms in total. The number of nitrogens with zero attached hydrogens (tertiary/aromatic N) is 2. The molecular formula is C17H13BrN2OS2. The molecule has 2 aromatic carbocycles. The van der Waals surface area contributed by atoms with Gasteiger partial charge in [0.05, 0.1) is 16.9 Å². The summed E-state index contributed by atoms with van der Waals surface area (Å²) in [6, 6.07) is 16.0. The van der Waals surface area contributed by atoms with E-state index in [0.717, 1.165) is 26.7 Å². The quantitative estimate of drug-likeness (QED) is 0.471. The summed E-state index contributed by atoms with van der Waals surface area (Å²) in [5.74, 6) is 1.78. The minimum absolute atomic E-state index is 0.0806. The number of para-hydroxylation sites is 1.